The van der Waals surface area contributed by atoms with Gasteiger partial charge in [0.1, 0.15) is 0 Å². The minimum absolute atomic E-state index is 0.190. The third-order valence-electron chi connectivity index (χ3n) is 2.91. The predicted molar refractivity (Wildman–Crippen MR) is 61.3 cm³/mol. The monoisotopic (exact) mass is 223 g/mol. The predicted octanol–water partition coefficient (Wildman–Crippen LogP) is 2.48. The Morgan fingerprint density at radius 2 is 2.13 bits per heavy atom. The number of hydrogen-bond acceptors (Lipinski definition) is 2. The molecule has 0 amide bonds. The van der Waals surface area contributed by atoms with Gasteiger partial charge in [0.15, 0.2) is 11.1 Å². The van der Waals surface area contributed by atoms with Crippen LogP contribution in [0.3, 0.4) is 0 Å². The molecule has 2 N–H and O–H groups in total. The number of fused-ring (bicyclic) bond motifs is 1. The second kappa shape index (κ2) is 3.18. The lowest BCUT2D eigenvalue weighted by Crippen LogP contribution is -2.16. The molecular weight excluding hydrogens is 210 g/mol. The van der Waals surface area contributed by atoms with Crippen LogP contribution >= 0.6 is 0 Å². The number of rotatable bonds is 1. The summed E-state index contributed by atoms with van der Waals surface area (Å²) in [4.78, 5) is 0.429. The highest BCUT2D eigenvalue weighted by atomic mass is 32.2. The molecule has 0 aliphatic carbocycles. The largest absolute Gasteiger partial charge is 0.358 e. The van der Waals surface area contributed by atoms with Gasteiger partial charge >= 0.3 is 0 Å². The van der Waals surface area contributed by atoms with Crippen molar-refractivity contribution in [1.29, 1.82) is 0 Å². The molecule has 0 saturated carbocycles. The van der Waals surface area contributed by atoms with Crippen LogP contribution in [0.2, 0.25) is 0 Å². The molecule has 1 unspecified atom stereocenters. The lowest BCUT2D eigenvalue weighted by atomic mass is 9.85. The Morgan fingerprint density at radius 3 is 2.73 bits per heavy atom. The summed E-state index contributed by atoms with van der Waals surface area (Å²) in [5, 5.41) is 3.18. The highest BCUT2D eigenvalue weighted by Crippen LogP contribution is 2.42. The van der Waals surface area contributed by atoms with E-state index in [1.54, 1.807) is 12.1 Å². The van der Waals surface area contributed by atoms with Crippen molar-refractivity contribution in [2.75, 3.05) is 5.32 Å². The molecule has 0 spiro atoms. The van der Waals surface area contributed by atoms with Gasteiger partial charge in [0, 0.05) is 16.8 Å². The van der Waals surface area contributed by atoms with E-state index in [1.807, 2.05) is 19.9 Å². The normalized spacial score (nSPS) is 19.5. The van der Waals surface area contributed by atoms with Crippen LogP contribution in [0.15, 0.2) is 35.4 Å². The summed E-state index contributed by atoms with van der Waals surface area (Å²) in [6.45, 7) is 8.03. The van der Waals surface area contributed by atoms with E-state index in [4.69, 9.17) is 4.55 Å². The summed E-state index contributed by atoms with van der Waals surface area (Å²) in [5.41, 5.74) is 2.72. The molecule has 0 saturated heterocycles. The van der Waals surface area contributed by atoms with Crippen molar-refractivity contribution < 1.29 is 8.76 Å². The highest BCUT2D eigenvalue weighted by Gasteiger charge is 2.33. The second-order valence-electron chi connectivity index (χ2n) is 4.19. The SMILES string of the molecule is C=C1Nc2ccc(S(=O)O)cc2C1(C)C. The smallest absolute Gasteiger partial charge is 0.186 e. The van der Waals surface area contributed by atoms with Crippen molar-refractivity contribution in [2.24, 2.45) is 0 Å². The van der Waals surface area contributed by atoms with Gasteiger partial charge in [-0.15, -0.1) is 0 Å². The third-order valence-corrected chi connectivity index (χ3v) is 3.56. The van der Waals surface area contributed by atoms with Crippen LogP contribution in [0.25, 0.3) is 0 Å². The minimum atomic E-state index is -1.92. The van der Waals surface area contributed by atoms with E-state index in [0.717, 1.165) is 16.9 Å². The van der Waals surface area contributed by atoms with Gasteiger partial charge in [0.25, 0.3) is 0 Å². The average molecular weight is 223 g/mol. The van der Waals surface area contributed by atoms with Crippen molar-refractivity contribution in [3.05, 3.63) is 36.0 Å². The average Bonchev–Trinajstić information content (AvgIpc) is 2.38. The van der Waals surface area contributed by atoms with E-state index in [2.05, 4.69) is 11.9 Å². The van der Waals surface area contributed by atoms with Crippen LogP contribution in [0, 0.1) is 0 Å². The van der Waals surface area contributed by atoms with Gasteiger partial charge in [-0.05, 0) is 23.8 Å². The first-order chi connectivity index (χ1) is 6.93. The molecule has 80 valence electrons. The van der Waals surface area contributed by atoms with Gasteiger partial charge in [-0.2, -0.15) is 0 Å². The molecule has 1 aromatic rings. The minimum Gasteiger partial charge on any atom is -0.358 e. The number of benzene rings is 1. The molecule has 1 aliphatic heterocycles. The first kappa shape index (κ1) is 10.4. The first-order valence-electron chi connectivity index (χ1n) is 4.64. The second-order valence-corrected chi connectivity index (χ2v) is 5.15. The third kappa shape index (κ3) is 1.50. The fourth-order valence-electron chi connectivity index (χ4n) is 1.74. The van der Waals surface area contributed by atoms with Crippen molar-refractivity contribution in [3.63, 3.8) is 0 Å². The zero-order valence-corrected chi connectivity index (χ0v) is 9.52. The molecule has 0 bridgehead atoms. The fraction of sp³-hybridized carbons (Fsp3) is 0.273. The Kier molecular flexibility index (Phi) is 2.20. The van der Waals surface area contributed by atoms with Gasteiger partial charge in [-0.25, -0.2) is 4.21 Å². The molecule has 0 fully saturated rings. The van der Waals surface area contributed by atoms with Gasteiger partial charge in [0.05, 0.1) is 4.90 Å². The Morgan fingerprint density at radius 1 is 1.47 bits per heavy atom. The highest BCUT2D eigenvalue weighted by molar-refractivity contribution is 7.79. The van der Waals surface area contributed by atoms with Gasteiger partial charge < -0.3 is 9.87 Å². The molecule has 1 aromatic carbocycles. The summed E-state index contributed by atoms with van der Waals surface area (Å²) in [5.74, 6) is 0. The van der Waals surface area contributed by atoms with Crippen molar-refractivity contribution in [3.8, 4) is 0 Å². The maximum Gasteiger partial charge on any atom is 0.186 e. The lowest BCUT2D eigenvalue weighted by molar-refractivity contribution is 0.564. The van der Waals surface area contributed by atoms with E-state index >= 15 is 0 Å². The van der Waals surface area contributed by atoms with Gasteiger partial charge in [-0.1, -0.05) is 20.4 Å². The number of nitrogens with one attached hydrogen (secondary N) is 1. The maximum atomic E-state index is 11.0. The van der Waals surface area contributed by atoms with E-state index in [-0.39, 0.29) is 5.41 Å². The molecule has 0 radical (unpaired) electrons. The molecule has 0 aromatic heterocycles. The standard InChI is InChI=1S/C11H13NO2S/c1-7-11(2,3)9-6-8(15(13)14)4-5-10(9)12-7/h4-6,12H,1H2,2-3H3,(H,13,14). The van der Waals surface area contributed by atoms with Crippen LogP contribution in [0.4, 0.5) is 5.69 Å². The van der Waals surface area contributed by atoms with E-state index in [9.17, 15) is 4.21 Å². The molecule has 15 heavy (non-hydrogen) atoms. The first-order valence-corrected chi connectivity index (χ1v) is 5.75. The van der Waals surface area contributed by atoms with Crippen LogP contribution in [-0.4, -0.2) is 8.76 Å². The Balaban J connectivity index is 2.59. The Labute approximate surface area is 91.5 Å². The summed E-state index contributed by atoms with van der Waals surface area (Å²) in [7, 11) is 0. The van der Waals surface area contributed by atoms with Crippen molar-refractivity contribution >= 4 is 16.8 Å². The quantitative estimate of drug-likeness (QED) is 0.719. The van der Waals surface area contributed by atoms with Crippen molar-refractivity contribution in [2.45, 2.75) is 24.2 Å². The van der Waals surface area contributed by atoms with Crippen LogP contribution in [0.1, 0.15) is 19.4 Å². The molecular formula is C11H13NO2S. The van der Waals surface area contributed by atoms with Crippen LogP contribution in [-0.2, 0) is 16.5 Å². The Bertz CT molecular complexity index is 466. The fourth-order valence-corrected chi connectivity index (χ4v) is 2.14. The lowest BCUT2D eigenvalue weighted by Gasteiger charge is -2.19. The molecule has 4 heteroatoms. The van der Waals surface area contributed by atoms with Gasteiger partial charge in [-0.3, -0.25) is 0 Å². The van der Waals surface area contributed by atoms with E-state index < -0.39 is 11.1 Å². The van der Waals surface area contributed by atoms with Crippen molar-refractivity contribution in [1.82, 2.24) is 0 Å². The molecule has 2 rings (SSSR count). The molecule has 1 atom stereocenters. The number of anilines is 1. The van der Waals surface area contributed by atoms with E-state index in [1.165, 1.54) is 0 Å². The van der Waals surface area contributed by atoms with Crippen LogP contribution < -0.4 is 5.32 Å². The molecule has 3 nitrogen and oxygen atoms in total. The number of hydrogen-bond donors (Lipinski definition) is 2. The summed E-state index contributed by atoms with van der Waals surface area (Å²) >= 11 is -1.92. The Hall–Kier alpha value is -1.13. The maximum absolute atomic E-state index is 11.0. The zero-order valence-electron chi connectivity index (χ0n) is 8.70. The summed E-state index contributed by atoms with van der Waals surface area (Å²) < 4.78 is 20.0. The molecule has 1 aliphatic rings. The summed E-state index contributed by atoms with van der Waals surface area (Å²) in [6.07, 6.45) is 0. The van der Waals surface area contributed by atoms with Crippen LogP contribution in [0.5, 0.6) is 0 Å². The summed E-state index contributed by atoms with van der Waals surface area (Å²) in [6, 6.07) is 5.23. The number of allylic oxidation sites excluding steroid dienone is 1. The topological polar surface area (TPSA) is 49.3 Å². The van der Waals surface area contributed by atoms with Gasteiger partial charge in [0.2, 0.25) is 0 Å². The zero-order chi connectivity index (χ0) is 11.2. The van der Waals surface area contributed by atoms with E-state index in [0.29, 0.717) is 4.90 Å². The molecule has 1 heterocycles.